The molecule has 0 spiro atoms. The first-order valence-electron chi connectivity index (χ1n) is 10.0. The molecule has 8 heteroatoms. The van der Waals surface area contributed by atoms with Gasteiger partial charge in [0.1, 0.15) is 0 Å². The van der Waals surface area contributed by atoms with Crippen LogP contribution in [0.4, 0.5) is 18.9 Å². The highest BCUT2D eigenvalue weighted by Gasteiger charge is 2.30. The Morgan fingerprint density at radius 1 is 1.13 bits per heavy atom. The Hall–Kier alpha value is -3.29. The monoisotopic (exact) mass is 430 g/mol. The van der Waals surface area contributed by atoms with Crippen LogP contribution in [-0.4, -0.2) is 23.9 Å². The lowest BCUT2D eigenvalue weighted by atomic mass is 9.95. The molecule has 0 saturated carbocycles. The molecule has 0 unspecified atom stereocenters. The van der Waals surface area contributed by atoms with Gasteiger partial charge in [0.25, 0.3) is 0 Å². The van der Waals surface area contributed by atoms with Crippen LogP contribution in [0, 0.1) is 5.92 Å². The number of aromatic nitrogens is 1. The van der Waals surface area contributed by atoms with Gasteiger partial charge in [0.05, 0.1) is 11.1 Å². The Labute approximate surface area is 176 Å². The van der Waals surface area contributed by atoms with Crippen molar-refractivity contribution in [2.24, 2.45) is 5.92 Å². The standard InChI is InChI=1S/C23H21F3N2O3/c24-23(25,26)17-3-5-18(6-4-17)28-11-9-15(10-12-28)1-7-19(29)13-16-2-8-20-21(14-16)31-22(30)27-20/h1-8,14-15H,9-13H2,(H,27,30)/b7-1+. The number of rotatable bonds is 5. The van der Waals surface area contributed by atoms with Gasteiger partial charge in [-0.1, -0.05) is 12.1 Å². The van der Waals surface area contributed by atoms with E-state index in [4.69, 9.17) is 4.42 Å². The summed E-state index contributed by atoms with van der Waals surface area (Å²) < 4.78 is 43.1. The van der Waals surface area contributed by atoms with Crippen LogP contribution in [0.1, 0.15) is 24.0 Å². The van der Waals surface area contributed by atoms with Crippen LogP contribution in [0.15, 0.2) is 63.8 Å². The second-order valence-corrected chi connectivity index (χ2v) is 7.72. The Morgan fingerprint density at radius 3 is 2.52 bits per heavy atom. The van der Waals surface area contributed by atoms with E-state index in [2.05, 4.69) is 9.88 Å². The molecule has 1 N–H and O–H groups in total. The van der Waals surface area contributed by atoms with Gasteiger partial charge in [0, 0.05) is 25.2 Å². The quantitative estimate of drug-likeness (QED) is 0.595. The number of alkyl halides is 3. The Bertz CT molecular complexity index is 1150. The zero-order chi connectivity index (χ0) is 22.0. The first kappa shape index (κ1) is 21.0. The van der Waals surface area contributed by atoms with Crippen LogP contribution in [0.3, 0.4) is 0 Å². The third-order valence-electron chi connectivity index (χ3n) is 5.52. The van der Waals surface area contributed by atoms with E-state index in [1.165, 1.54) is 12.1 Å². The number of benzene rings is 2. The fraction of sp³-hybridized carbons (Fsp3) is 0.304. The molecular formula is C23H21F3N2O3. The summed E-state index contributed by atoms with van der Waals surface area (Å²) in [4.78, 5) is 28.1. The number of halogens is 3. The maximum atomic E-state index is 12.7. The maximum absolute atomic E-state index is 12.7. The van der Waals surface area contributed by atoms with Gasteiger partial charge in [-0.3, -0.25) is 9.78 Å². The molecule has 0 bridgehead atoms. The summed E-state index contributed by atoms with van der Waals surface area (Å²) in [6, 6.07) is 10.4. The zero-order valence-electron chi connectivity index (χ0n) is 16.6. The number of ketones is 1. The molecule has 0 aliphatic carbocycles. The van der Waals surface area contributed by atoms with E-state index in [1.807, 2.05) is 6.08 Å². The lowest BCUT2D eigenvalue weighted by molar-refractivity contribution is -0.137. The maximum Gasteiger partial charge on any atom is 0.417 e. The van der Waals surface area contributed by atoms with Gasteiger partial charge in [-0.05, 0) is 66.8 Å². The molecule has 1 fully saturated rings. The van der Waals surface area contributed by atoms with Gasteiger partial charge in [0.2, 0.25) is 0 Å². The molecule has 5 nitrogen and oxygen atoms in total. The van der Waals surface area contributed by atoms with E-state index in [0.717, 1.165) is 49.3 Å². The fourth-order valence-electron chi connectivity index (χ4n) is 3.81. The number of carbonyl (C=O) groups is 1. The van der Waals surface area contributed by atoms with Crippen LogP contribution in [0.5, 0.6) is 0 Å². The lowest BCUT2D eigenvalue weighted by Crippen LogP contribution is -2.33. The van der Waals surface area contributed by atoms with E-state index >= 15 is 0 Å². The van der Waals surface area contributed by atoms with Crippen molar-refractivity contribution in [3.8, 4) is 0 Å². The first-order chi connectivity index (χ1) is 14.8. The van der Waals surface area contributed by atoms with Crippen molar-refractivity contribution in [2.45, 2.75) is 25.4 Å². The highest BCUT2D eigenvalue weighted by atomic mass is 19.4. The number of aromatic amines is 1. The number of hydrogen-bond acceptors (Lipinski definition) is 4. The number of fused-ring (bicyclic) bond motifs is 1. The Balaban J connectivity index is 1.29. The molecule has 0 atom stereocenters. The number of hydrogen-bond donors (Lipinski definition) is 1. The summed E-state index contributed by atoms with van der Waals surface area (Å²) in [6.45, 7) is 1.44. The molecule has 4 rings (SSSR count). The lowest BCUT2D eigenvalue weighted by Gasteiger charge is -2.32. The minimum absolute atomic E-state index is 0.0394. The van der Waals surface area contributed by atoms with Gasteiger partial charge in [-0.2, -0.15) is 13.2 Å². The summed E-state index contributed by atoms with van der Waals surface area (Å²) in [5.74, 6) is -0.316. The average Bonchev–Trinajstić information content (AvgIpc) is 3.11. The molecule has 0 radical (unpaired) electrons. The molecule has 1 aliphatic rings. The minimum atomic E-state index is -4.33. The first-order valence-corrected chi connectivity index (χ1v) is 10.0. The molecule has 1 aliphatic heterocycles. The van der Waals surface area contributed by atoms with E-state index < -0.39 is 17.5 Å². The highest BCUT2D eigenvalue weighted by molar-refractivity contribution is 5.92. The summed E-state index contributed by atoms with van der Waals surface area (Å²) >= 11 is 0. The predicted molar refractivity (Wildman–Crippen MR) is 111 cm³/mol. The summed E-state index contributed by atoms with van der Waals surface area (Å²) in [5, 5.41) is 0. The van der Waals surface area contributed by atoms with Crippen molar-refractivity contribution in [2.75, 3.05) is 18.0 Å². The average molecular weight is 430 g/mol. The Kier molecular flexibility index (Phi) is 5.71. The van der Waals surface area contributed by atoms with Gasteiger partial charge in [0.15, 0.2) is 11.4 Å². The molecular weight excluding hydrogens is 409 g/mol. The molecule has 1 saturated heterocycles. The van der Waals surface area contributed by atoms with Gasteiger partial charge in [-0.15, -0.1) is 0 Å². The van der Waals surface area contributed by atoms with Crippen molar-refractivity contribution < 1.29 is 22.4 Å². The van der Waals surface area contributed by atoms with E-state index in [1.54, 1.807) is 24.3 Å². The van der Waals surface area contributed by atoms with Crippen molar-refractivity contribution in [1.29, 1.82) is 0 Å². The summed E-state index contributed by atoms with van der Waals surface area (Å²) in [7, 11) is 0. The van der Waals surface area contributed by atoms with Crippen molar-refractivity contribution in [3.63, 3.8) is 0 Å². The zero-order valence-corrected chi connectivity index (χ0v) is 16.6. The molecule has 0 amide bonds. The third-order valence-corrected chi connectivity index (χ3v) is 5.52. The molecule has 2 heterocycles. The number of carbonyl (C=O) groups excluding carboxylic acids is 1. The largest absolute Gasteiger partial charge is 0.417 e. The molecule has 31 heavy (non-hydrogen) atoms. The van der Waals surface area contributed by atoms with Crippen molar-refractivity contribution in [3.05, 3.63) is 76.3 Å². The SMILES string of the molecule is O=C(/C=C/C1CCN(c2ccc(C(F)(F)F)cc2)CC1)Cc1ccc2[nH]c(=O)oc2c1. The molecule has 162 valence electrons. The minimum Gasteiger partial charge on any atom is -0.408 e. The predicted octanol–water partition coefficient (Wildman–Crippen LogP) is 4.72. The Morgan fingerprint density at radius 2 is 1.84 bits per heavy atom. The highest BCUT2D eigenvalue weighted by Crippen LogP contribution is 2.31. The van der Waals surface area contributed by atoms with Crippen molar-refractivity contribution >= 4 is 22.6 Å². The summed E-state index contributed by atoms with van der Waals surface area (Å²) in [5.41, 5.74) is 1.91. The number of allylic oxidation sites excluding steroid dienone is 2. The van der Waals surface area contributed by atoms with E-state index in [0.29, 0.717) is 11.1 Å². The number of anilines is 1. The number of nitrogens with zero attached hydrogens (tertiary/aromatic N) is 1. The van der Waals surface area contributed by atoms with E-state index in [9.17, 15) is 22.8 Å². The van der Waals surface area contributed by atoms with Crippen LogP contribution in [0.25, 0.3) is 11.1 Å². The molecule has 1 aromatic heterocycles. The number of piperidine rings is 1. The van der Waals surface area contributed by atoms with Crippen molar-refractivity contribution in [1.82, 2.24) is 4.98 Å². The normalized spacial score (nSPS) is 15.8. The second kappa shape index (κ2) is 8.45. The number of oxazole rings is 1. The topological polar surface area (TPSA) is 66.3 Å². The van der Waals surface area contributed by atoms with Gasteiger partial charge < -0.3 is 9.32 Å². The smallest absolute Gasteiger partial charge is 0.408 e. The van der Waals surface area contributed by atoms with Crippen LogP contribution >= 0.6 is 0 Å². The van der Waals surface area contributed by atoms with Crippen LogP contribution < -0.4 is 10.7 Å². The number of nitrogens with one attached hydrogen (secondary N) is 1. The van der Waals surface area contributed by atoms with Gasteiger partial charge >= 0.3 is 11.9 Å². The number of H-pyrrole nitrogens is 1. The fourth-order valence-corrected chi connectivity index (χ4v) is 3.81. The van der Waals surface area contributed by atoms with E-state index in [-0.39, 0.29) is 18.1 Å². The van der Waals surface area contributed by atoms with Gasteiger partial charge in [-0.25, -0.2) is 4.79 Å². The summed E-state index contributed by atoms with van der Waals surface area (Å²) in [6.07, 6.45) is 1.05. The second-order valence-electron chi connectivity index (χ2n) is 7.72. The van der Waals surface area contributed by atoms with Crippen LogP contribution in [-0.2, 0) is 17.4 Å². The molecule has 2 aromatic carbocycles. The molecule has 3 aromatic rings. The van der Waals surface area contributed by atoms with Crippen LogP contribution in [0.2, 0.25) is 0 Å². The third kappa shape index (κ3) is 5.07.